The number of likely N-dealkylation sites (tertiary alicyclic amines) is 1. The van der Waals surface area contributed by atoms with E-state index in [0.717, 1.165) is 38.8 Å². The van der Waals surface area contributed by atoms with Crippen LogP contribution in [0.15, 0.2) is 30.3 Å². The maximum Gasteiger partial charge on any atom is 0.338 e. The van der Waals surface area contributed by atoms with Crippen LogP contribution < -0.4 is 0 Å². The minimum atomic E-state index is -0.807. The zero-order valence-corrected chi connectivity index (χ0v) is 22.1. The summed E-state index contributed by atoms with van der Waals surface area (Å²) < 4.78 is 18.8. The first-order valence-electron chi connectivity index (χ1n) is 14.1. The zero-order valence-electron chi connectivity index (χ0n) is 22.1. The number of hydrogen-bond donors (Lipinski definition) is 1. The normalized spacial score (nSPS) is 52.3. The first kappa shape index (κ1) is 23.6. The summed E-state index contributed by atoms with van der Waals surface area (Å²) in [4.78, 5) is 16.1. The van der Waals surface area contributed by atoms with E-state index >= 15 is 0 Å². The predicted octanol–water partition coefficient (Wildman–Crippen LogP) is 3.77. The SMILES string of the molecule is CCN1CC2(C)CCC(OC(=O)c3ccccc3)C34C5CC6C(OC)CC(O)(C(CC23)C14)C5C6OC. The van der Waals surface area contributed by atoms with Gasteiger partial charge in [0, 0.05) is 56.4 Å². The lowest BCUT2D eigenvalue weighted by Crippen LogP contribution is -2.76. The van der Waals surface area contributed by atoms with Gasteiger partial charge in [-0.25, -0.2) is 4.79 Å². The monoisotopic (exact) mass is 495 g/mol. The summed E-state index contributed by atoms with van der Waals surface area (Å²) in [5.74, 6) is 0.996. The molecule has 0 radical (unpaired) electrons. The molecule has 1 saturated heterocycles. The van der Waals surface area contributed by atoms with Crippen molar-refractivity contribution in [3.63, 3.8) is 0 Å². The van der Waals surface area contributed by atoms with Gasteiger partial charge in [0.1, 0.15) is 6.10 Å². The number of esters is 1. The summed E-state index contributed by atoms with van der Waals surface area (Å²) in [6.07, 6.45) is 4.52. The summed E-state index contributed by atoms with van der Waals surface area (Å²) in [6.45, 7) is 6.78. The molecule has 6 fully saturated rings. The highest BCUT2D eigenvalue weighted by molar-refractivity contribution is 5.89. The zero-order chi connectivity index (χ0) is 25.0. The molecule has 6 nitrogen and oxygen atoms in total. The lowest BCUT2D eigenvalue weighted by Gasteiger charge is -2.69. The Morgan fingerprint density at radius 2 is 1.92 bits per heavy atom. The molecule has 36 heavy (non-hydrogen) atoms. The van der Waals surface area contributed by atoms with Gasteiger partial charge in [0.25, 0.3) is 0 Å². The molecule has 1 heterocycles. The molecule has 7 rings (SSSR count). The third kappa shape index (κ3) is 2.65. The molecule has 196 valence electrons. The lowest BCUT2D eigenvalue weighted by molar-refractivity contribution is -0.268. The maximum atomic E-state index is 13.5. The van der Waals surface area contributed by atoms with E-state index in [4.69, 9.17) is 14.2 Å². The van der Waals surface area contributed by atoms with E-state index in [9.17, 15) is 9.90 Å². The van der Waals surface area contributed by atoms with Crippen LogP contribution in [0.5, 0.6) is 0 Å². The van der Waals surface area contributed by atoms with Crippen LogP contribution in [0.2, 0.25) is 0 Å². The fourth-order valence-corrected chi connectivity index (χ4v) is 11.3. The van der Waals surface area contributed by atoms with E-state index in [1.807, 2.05) is 37.4 Å². The number of ether oxygens (including phenoxy) is 3. The minimum absolute atomic E-state index is 0.00664. The lowest BCUT2D eigenvalue weighted by atomic mass is 9.43. The second-order valence-corrected chi connectivity index (χ2v) is 13.1. The van der Waals surface area contributed by atoms with Crippen LogP contribution in [-0.2, 0) is 14.2 Å². The van der Waals surface area contributed by atoms with Gasteiger partial charge < -0.3 is 19.3 Å². The van der Waals surface area contributed by atoms with Crippen molar-refractivity contribution >= 4 is 5.97 Å². The van der Waals surface area contributed by atoms with Crippen molar-refractivity contribution in [3.8, 4) is 0 Å². The molecule has 6 aliphatic rings. The molecule has 0 aromatic heterocycles. The Kier molecular flexibility index (Phi) is 5.11. The van der Waals surface area contributed by atoms with Gasteiger partial charge in [0.05, 0.1) is 23.4 Å². The molecule has 5 saturated carbocycles. The average molecular weight is 496 g/mol. The Morgan fingerprint density at radius 1 is 1.14 bits per heavy atom. The van der Waals surface area contributed by atoms with Gasteiger partial charge in [0.2, 0.25) is 0 Å². The molecular formula is C30H41NO5. The number of benzene rings is 1. The van der Waals surface area contributed by atoms with Gasteiger partial charge in [-0.1, -0.05) is 32.0 Å². The fraction of sp³-hybridized carbons (Fsp3) is 0.767. The van der Waals surface area contributed by atoms with E-state index in [1.54, 1.807) is 7.11 Å². The molecule has 0 amide bonds. The standard InChI is InChI=1S/C30H41NO5/c1-5-31-16-28(2)12-11-23(36-27(32)17-9-7-6-8-10-17)30-19-13-18-21(34-3)15-29(33,24(19)25(18)35-4)20(26(30)31)14-22(28)30/h6-10,18-26,33H,5,11-16H2,1-4H3. The summed E-state index contributed by atoms with van der Waals surface area (Å²) in [7, 11) is 3.60. The number of carbonyl (C=O) groups excluding carboxylic acids is 1. The van der Waals surface area contributed by atoms with Crippen LogP contribution in [-0.4, -0.2) is 73.2 Å². The quantitative estimate of drug-likeness (QED) is 0.628. The number of hydrogen-bond acceptors (Lipinski definition) is 6. The summed E-state index contributed by atoms with van der Waals surface area (Å²) in [6, 6.07) is 9.69. The van der Waals surface area contributed by atoms with Gasteiger partial charge in [-0.3, -0.25) is 4.90 Å². The second kappa shape index (κ2) is 7.78. The number of nitrogens with zero attached hydrogens (tertiary/aromatic N) is 1. The van der Waals surface area contributed by atoms with Crippen LogP contribution in [0, 0.1) is 40.4 Å². The molecule has 12 atom stereocenters. The van der Waals surface area contributed by atoms with Crippen LogP contribution >= 0.6 is 0 Å². The minimum Gasteiger partial charge on any atom is -0.458 e. The first-order chi connectivity index (χ1) is 17.3. The highest BCUT2D eigenvalue weighted by atomic mass is 16.5. The van der Waals surface area contributed by atoms with Crippen LogP contribution in [0.1, 0.15) is 56.3 Å². The number of methoxy groups -OCH3 is 2. The van der Waals surface area contributed by atoms with Crippen molar-refractivity contribution in [2.75, 3.05) is 27.3 Å². The Morgan fingerprint density at radius 3 is 2.61 bits per heavy atom. The van der Waals surface area contributed by atoms with E-state index in [-0.39, 0.29) is 64.8 Å². The fourth-order valence-electron chi connectivity index (χ4n) is 11.3. The van der Waals surface area contributed by atoms with Crippen molar-refractivity contribution in [1.82, 2.24) is 4.90 Å². The Hall–Kier alpha value is -1.47. The van der Waals surface area contributed by atoms with Crippen molar-refractivity contribution in [2.24, 2.45) is 40.4 Å². The van der Waals surface area contributed by atoms with Crippen molar-refractivity contribution in [1.29, 1.82) is 0 Å². The first-order valence-corrected chi connectivity index (χ1v) is 14.1. The summed E-state index contributed by atoms with van der Waals surface area (Å²) >= 11 is 0. The third-order valence-electron chi connectivity index (χ3n) is 12.2. The summed E-state index contributed by atoms with van der Waals surface area (Å²) in [5.41, 5.74) is -0.158. The van der Waals surface area contributed by atoms with Gasteiger partial charge >= 0.3 is 5.97 Å². The molecule has 6 heteroatoms. The Balaban J connectivity index is 1.39. The molecule has 1 aliphatic heterocycles. The maximum absolute atomic E-state index is 13.5. The predicted molar refractivity (Wildman–Crippen MR) is 134 cm³/mol. The van der Waals surface area contributed by atoms with E-state index in [2.05, 4.69) is 18.7 Å². The smallest absolute Gasteiger partial charge is 0.338 e. The topological polar surface area (TPSA) is 68.2 Å². The molecule has 1 aromatic rings. The number of aliphatic hydroxyl groups is 1. The average Bonchev–Trinajstić information content (AvgIpc) is 3.37. The Labute approximate surface area is 214 Å². The van der Waals surface area contributed by atoms with Crippen LogP contribution in [0.25, 0.3) is 0 Å². The molecule has 1 aromatic carbocycles. The second-order valence-electron chi connectivity index (χ2n) is 13.1. The van der Waals surface area contributed by atoms with Crippen LogP contribution in [0.3, 0.4) is 0 Å². The van der Waals surface area contributed by atoms with Crippen molar-refractivity contribution in [3.05, 3.63) is 35.9 Å². The van der Waals surface area contributed by atoms with Gasteiger partial charge in [-0.15, -0.1) is 0 Å². The highest BCUT2D eigenvalue weighted by Gasteiger charge is 2.83. The van der Waals surface area contributed by atoms with Gasteiger partial charge in [-0.2, -0.15) is 0 Å². The molecule has 1 N–H and O–H groups in total. The number of carbonyl (C=O) groups is 1. The molecule has 12 unspecified atom stereocenters. The molecule has 5 aliphatic carbocycles. The number of piperidine rings is 1. The highest BCUT2D eigenvalue weighted by Crippen LogP contribution is 2.79. The molecular weight excluding hydrogens is 454 g/mol. The Bertz CT molecular complexity index is 1050. The molecule has 7 bridgehead atoms. The molecule has 1 spiro atoms. The largest absolute Gasteiger partial charge is 0.458 e. The third-order valence-corrected chi connectivity index (χ3v) is 12.2. The van der Waals surface area contributed by atoms with E-state index in [1.165, 1.54) is 0 Å². The van der Waals surface area contributed by atoms with E-state index < -0.39 is 5.60 Å². The van der Waals surface area contributed by atoms with Gasteiger partial charge in [-0.05, 0) is 61.6 Å². The van der Waals surface area contributed by atoms with Gasteiger partial charge in [0.15, 0.2) is 0 Å². The number of rotatable bonds is 5. The summed E-state index contributed by atoms with van der Waals surface area (Å²) in [5, 5.41) is 12.7. The van der Waals surface area contributed by atoms with E-state index in [0.29, 0.717) is 17.9 Å². The van der Waals surface area contributed by atoms with Crippen LogP contribution in [0.4, 0.5) is 0 Å². The van der Waals surface area contributed by atoms with Crippen molar-refractivity contribution in [2.45, 2.75) is 75.9 Å². The van der Waals surface area contributed by atoms with Crippen molar-refractivity contribution < 1.29 is 24.1 Å². The number of fused-ring (bicyclic) bond motifs is 2.